The van der Waals surface area contributed by atoms with Crippen LogP contribution in [0, 0.1) is 0 Å². The largest absolute Gasteiger partial charge is 0.479 e. The number of carbonyl (C=O) groups excluding carboxylic acids is 1. The minimum Gasteiger partial charge on any atom is -0.479 e. The molecule has 1 aliphatic rings. The Labute approximate surface area is 106 Å². The lowest BCUT2D eigenvalue weighted by Crippen LogP contribution is -2.48. The zero-order valence-corrected chi connectivity index (χ0v) is 11.3. The molecule has 0 bridgehead atoms. The molecule has 0 spiro atoms. The predicted octanol–water partition coefficient (Wildman–Crippen LogP) is 0.994. The molecular weight excluding hydrogens is 238 g/mol. The Balaban J connectivity index is 3.09. The second-order valence-corrected chi connectivity index (χ2v) is 5.63. The Kier molecular flexibility index (Phi) is 3.98. The molecule has 0 aromatic rings. The summed E-state index contributed by atoms with van der Waals surface area (Å²) >= 11 is 0. The van der Waals surface area contributed by atoms with Crippen molar-refractivity contribution in [1.29, 1.82) is 0 Å². The van der Waals surface area contributed by atoms with Crippen molar-refractivity contribution in [3.05, 3.63) is 6.08 Å². The predicted molar refractivity (Wildman–Crippen MR) is 63.3 cm³/mol. The van der Waals surface area contributed by atoms with Gasteiger partial charge in [-0.05, 0) is 34.6 Å². The highest BCUT2D eigenvalue weighted by Gasteiger charge is 2.52. The van der Waals surface area contributed by atoms with E-state index in [0.29, 0.717) is 0 Å². The first-order valence-electron chi connectivity index (χ1n) is 5.68. The van der Waals surface area contributed by atoms with Gasteiger partial charge in [0.2, 0.25) is 0 Å². The number of hydroxylamine groups is 2. The third-order valence-corrected chi connectivity index (χ3v) is 2.38. The lowest BCUT2D eigenvalue weighted by Gasteiger charge is -2.36. The monoisotopic (exact) mass is 257 g/mol. The van der Waals surface area contributed by atoms with Crippen LogP contribution < -0.4 is 0 Å². The summed E-state index contributed by atoms with van der Waals surface area (Å²) in [5, 5.41) is 10.5. The van der Waals surface area contributed by atoms with E-state index in [4.69, 9.17) is 14.7 Å². The van der Waals surface area contributed by atoms with Gasteiger partial charge in [0, 0.05) is 6.08 Å². The lowest BCUT2D eigenvalue weighted by molar-refractivity contribution is -0.299. The van der Waals surface area contributed by atoms with Crippen LogP contribution in [0.15, 0.2) is 6.08 Å². The summed E-state index contributed by atoms with van der Waals surface area (Å²) in [5.74, 6) is 0.469. The molecule has 0 radical (unpaired) electrons. The summed E-state index contributed by atoms with van der Waals surface area (Å²) < 4.78 is 5.43. The van der Waals surface area contributed by atoms with Gasteiger partial charge in [-0.25, -0.2) is 9.59 Å². The number of hydrogen-bond donors (Lipinski definition) is 1. The molecular formula is C12H19NO5. The van der Waals surface area contributed by atoms with Crippen molar-refractivity contribution in [2.75, 3.05) is 0 Å². The SMILES string of the molecule is CC(C)(C)ON1[C@H](C=C=O)[C@@H](C(=O)O)OC1(C)C. The molecule has 2 atom stereocenters. The number of aliphatic carboxylic acids is 1. The fourth-order valence-electron chi connectivity index (χ4n) is 1.80. The zero-order chi connectivity index (χ0) is 14.1. The van der Waals surface area contributed by atoms with Gasteiger partial charge in [0.15, 0.2) is 6.10 Å². The van der Waals surface area contributed by atoms with Crippen LogP contribution in [0.3, 0.4) is 0 Å². The quantitative estimate of drug-likeness (QED) is 0.760. The van der Waals surface area contributed by atoms with E-state index in [-0.39, 0.29) is 0 Å². The average molecular weight is 257 g/mol. The maximum Gasteiger partial charge on any atom is 0.335 e. The highest BCUT2D eigenvalue weighted by molar-refractivity contribution is 5.75. The maximum atomic E-state index is 11.1. The summed E-state index contributed by atoms with van der Waals surface area (Å²) in [7, 11) is 0. The van der Waals surface area contributed by atoms with Crippen LogP contribution in [0.25, 0.3) is 0 Å². The molecule has 1 saturated heterocycles. The van der Waals surface area contributed by atoms with Crippen LogP contribution in [-0.2, 0) is 19.2 Å². The Morgan fingerprint density at radius 1 is 1.50 bits per heavy atom. The van der Waals surface area contributed by atoms with Crippen molar-refractivity contribution in [3.63, 3.8) is 0 Å². The van der Waals surface area contributed by atoms with Gasteiger partial charge in [0.1, 0.15) is 17.7 Å². The lowest BCUT2D eigenvalue weighted by atomic mass is 10.1. The Hall–Kier alpha value is -1.20. The van der Waals surface area contributed by atoms with E-state index in [2.05, 4.69) is 0 Å². The number of carboxylic acids is 1. The molecule has 1 heterocycles. The Morgan fingerprint density at radius 2 is 2.06 bits per heavy atom. The number of hydrogen-bond acceptors (Lipinski definition) is 5. The summed E-state index contributed by atoms with van der Waals surface area (Å²) in [4.78, 5) is 27.4. The molecule has 1 N–H and O–H groups in total. The molecule has 1 fully saturated rings. The molecule has 6 heteroatoms. The van der Waals surface area contributed by atoms with Crippen molar-refractivity contribution in [2.45, 2.75) is 58.1 Å². The number of carbonyl (C=O) groups is 1. The van der Waals surface area contributed by atoms with Gasteiger partial charge in [-0.15, -0.1) is 5.06 Å². The average Bonchev–Trinajstić information content (AvgIpc) is 2.40. The smallest absolute Gasteiger partial charge is 0.335 e. The summed E-state index contributed by atoms with van der Waals surface area (Å²) in [6.45, 7) is 8.87. The zero-order valence-electron chi connectivity index (χ0n) is 11.3. The van der Waals surface area contributed by atoms with Crippen LogP contribution in [0.1, 0.15) is 34.6 Å². The van der Waals surface area contributed by atoms with Gasteiger partial charge >= 0.3 is 5.97 Å². The van der Waals surface area contributed by atoms with E-state index in [0.717, 1.165) is 6.08 Å². The van der Waals surface area contributed by atoms with E-state index < -0.39 is 29.4 Å². The Morgan fingerprint density at radius 3 is 2.44 bits per heavy atom. The van der Waals surface area contributed by atoms with Gasteiger partial charge in [0.25, 0.3) is 0 Å². The molecule has 1 aliphatic heterocycles. The molecule has 18 heavy (non-hydrogen) atoms. The van der Waals surface area contributed by atoms with Crippen molar-refractivity contribution in [2.24, 2.45) is 0 Å². The van der Waals surface area contributed by atoms with Crippen LogP contribution in [0.2, 0.25) is 0 Å². The normalized spacial score (nSPS) is 27.8. The summed E-state index contributed by atoms with van der Waals surface area (Å²) in [5.41, 5.74) is -1.46. The highest BCUT2D eigenvalue weighted by atomic mass is 16.8. The maximum absolute atomic E-state index is 11.1. The molecule has 0 aromatic carbocycles. The van der Waals surface area contributed by atoms with Crippen molar-refractivity contribution >= 4 is 11.9 Å². The molecule has 0 aliphatic carbocycles. The van der Waals surface area contributed by atoms with E-state index >= 15 is 0 Å². The van der Waals surface area contributed by atoms with Crippen LogP contribution in [0.5, 0.6) is 0 Å². The summed E-state index contributed by atoms with van der Waals surface area (Å²) in [6, 6.07) is -0.797. The number of rotatable bonds is 3. The topological polar surface area (TPSA) is 76.1 Å². The third-order valence-electron chi connectivity index (χ3n) is 2.38. The van der Waals surface area contributed by atoms with Crippen molar-refractivity contribution in [3.8, 4) is 0 Å². The van der Waals surface area contributed by atoms with Crippen LogP contribution >= 0.6 is 0 Å². The minimum atomic E-state index is -1.15. The van der Waals surface area contributed by atoms with Gasteiger partial charge < -0.3 is 9.84 Å². The number of nitrogens with zero attached hydrogens (tertiary/aromatic N) is 1. The van der Waals surface area contributed by atoms with E-state index in [9.17, 15) is 9.59 Å². The third kappa shape index (κ3) is 3.17. The molecule has 0 saturated carbocycles. The Bertz CT molecular complexity index is 378. The first-order valence-corrected chi connectivity index (χ1v) is 5.68. The van der Waals surface area contributed by atoms with Gasteiger partial charge in [-0.3, -0.25) is 4.84 Å². The number of carboxylic acid groups (broad SMARTS) is 1. The van der Waals surface area contributed by atoms with Crippen LogP contribution in [-0.4, -0.2) is 45.6 Å². The minimum absolute atomic E-state index is 0.525. The fraction of sp³-hybridized carbons (Fsp3) is 0.750. The molecule has 1 rings (SSSR count). The van der Waals surface area contributed by atoms with E-state index in [1.54, 1.807) is 19.8 Å². The number of ether oxygens (including phenoxy) is 1. The fourth-order valence-corrected chi connectivity index (χ4v) is 1.80. The van der Waals surface area contributed by atoms with E-state index in [1.807, 2.05) is 20.8 Å². The first-order chi connectivity index (χ1) is 8.08. The van der Waals surface area contributed by atoms with Crippen molar-refractivity contribution < 1.29 is 24.3 Å². The summed E-state index contributed by atoms with van der Waals surface area (Å²) in [6.07, 6.45) is -0.0389. The molecule has 0 aromatic heterocycles. The van der Waals surface area contributed by atoms with Gasteiger partial charge in [0.05, 0.1) is 5.60 Å². The first kappa shape index (κ1) is 14.9. The van der Waals surface area contributed by atoms with Crippen LogP contribution in [0.4, 0.5) is 0 Å². The van der Waals surface area contributed by atoms with Gasteiger partial charge in [-0.1, -0.05) is 0 Å². The van der Waals surface area contributed by atoms with E-state index in [1.165, 1.54) is 5.06 Å². The molecule has 0 unspecified atom stereocenters. The highest BCUT2D eigenvalue weighted by Crippen LogP contribution is 2.35. The standard InChI is InChI=1S/C12H19NO5/c1-11(2,3)18-13-8(6-7-14)9(10(15)16)17-12(13,4)5/h6,8-9H,1-5H3,(H,15,16)/t8-,9+/m1/s1. The second-order valence-electron chi connectivity index (χ2n) is 5.63. The molecule has 102 valence electrons. The van der Waals surface area contributed by atoms with Gasteiger partial charge in [-0.2, -0.15) is 0 Å². The second kappa shape index (κ2) is 4.82. The molecule has 6 nitrogen and oxygen atoms in total. The van der Waals surface area contributed by atoms with Crippen molar-refractivity contribution in [1.82, 2.24) is 5.06 Å². The molecule has 0 amide bonds.